The molecule has 0 aliphatic heterocycles. The van der Waals surface area contributed by atoms with Crippen molar-refractivity contribution in [3.05, 3.63) is 69.2 Å². The molecule has 3 aromatic rings. The molecule has 28 heavy (non-hydrogen) atoms. The Bertz CT molecular complexity index is 996. The normalized spacial score (nSPS) is 10.5. The van der Waals surface area contributed by atoms with Gasteiger partial charge in [0.25, 0.3) is 5.91 Å². The van der Waals surface area contributed by atoms with Crippen LogP contribution in [0.15, 0.2) is 42.5 Å². The maximum absolute atomic E-state index is 12.3. The molecule has 0 atom stereocenters. The van der Waals surface area contributed by atoms with E-state index in [1.54, 1.807) is 0 Å². The van der Waals surface area contributed by atoms with Crippen molar-refractivity contribution in [3.8, 4) is 0 Å². The summed E-state index contributed by atoms with van der Waals surface area (Å²) in [6, 6.07) is 13.3. The monoisotopic (exact) mass is 394 g/mol. The molecule has 0 aliphatic rings. The first-order chi connectivity index (χ1) is 13.4. The van der Waals surface area contributed by atoms with E-state index in [-0.39, 0.29) is 23.2 Å². The standard InChI is InChI=1S/C21H22N4O2S/c1-13-4-7-16(8-5-13)23-20(27)21-25-24-19(28-21)11-10-18(26)22-17-9-6-14(2)15(3)12-17/h4-9,12H,10-11H2,1-3H3,(H,22,26)(H,23,27). The van der Waals surface area contributed by atoms with Crippen LogP contribution in [0.5, 0.6) is 0 Å². The molecule has 3 rings (SSSR count). The molecule has 1 aromatic heterocycles. The van der Waals surface area contributed by atoms with Crippen molar-refractivity contribution in [3.63, 3.8) is 0 Å². The largest absolute Gasteiger partial charge is 0.326 e. The van der Waals surface area contributed by atoms with Gasteiger partial charge in [-0.1, -0.05) is 35.1 Å². The van der Waals surface area contributed by atoms with Crippen molar-refractivity contribution in [1.29, 1.82) is 0 Å². The average molecular weight is 395 g/mol. The van der Waals surface area contributed by atoms with Crippen molar-refractivity contribution in [2.24, 2.45) is 0 Å². The van der Waals surface area contributed by atoms with Crippen LogP contribution in [-0.4, -0.2) is 22.0 Å². The lowest BCUT2D eigenvalue weighted by atomic mass is 10.1. The Labute approximate surface area is 168 Å². The van der Waals surface area contributed by atoms with Gasteiger partial charge >= 0.3 is 0 Å². The fraction of sp³-hybridized carbons (Fsp3) is 0.238. The quantitative estimate of drug-likeness (QED) is 0.653. The van der Waals surface area contributed by atoms with Crippen molar-refractivity contribution in [1.82, 2.24) is 10.2 Å². The molecule has 1 heterocycles. The molecular formula is C21H22N4O2S. The van der Waals surface area contributed by atoms with E-state index in [1.165, 1.54) is 16.9 Å². The highest BCUT2D eigenvalue weighted by Gasteiger charge is 2.14. The summed E-state index contributed by atoms with van der Waals surface area (Å²) in [6.07, 6.45) is 0.716. The number of carbonyl (C=O) groups excluding carboxylic acids is 2. The van der Waals surface area contributed by atoms with Crippen molar-refractivity contribution >= 4 is 34.5 Å². The summed E-state index contributed by atoms with van der Waals surface area (Å²) in [5.41, 5.74) is 4.92. The van der Waals surface area contributed by atoms with Crippen LogP contribution in [-0.2, 0) is 11.2 Å². The topological polar surface area (TPSA) is 84.0 Å². The Hall–Kier alpha value is -3.06. The third-order valence-electron chi connectivity index (χ3n) is 4.33. The van der Waals surface area contributed by atoms with E-state index in [4.69, 9.17) is 0 Å². The summed E-state index contributed by atoms with van der Waals surface area (Å²) in [5.74, 6) is -0.392. The Balaban J connectivity index is 1.52. The van der Waals surface area contributed by atoms with Gasteiger partial charge in [-0.2, -0.15) is 0 Å². The van der Waals surface area contributed by atoms with Crippen LogP contribution in [0.25, 0.3) is 0 Å². The van der Waals surface area contributed by atoms with Gasteiger partial charge in [0.1, 0.15) is 5.01 Å². The van der Waals surface area contributed by atoms with E-state index in [0.717, 1.165) is 16.8 Å². The van der Waals surface area contributed by atoms with E-state index in [0.29, 0.717) is 17.1 Å². The first-order valence-electron chi connectivity index (χ1n) is 8.98. The zero-order chi connectivity index (χ0) is 20.1. The molecule has 0 aliphatic carbocycles. The smallest absolute Gasteiger partial charge is 0.286 e. The molecule has 0 saturated carbocycles. The maximum atomic E-state index is 12.3. The molecule has 6 nitrogen and oxygen atoms in total. The molecule has 0 radical (unpaired) electrons. The number of nitrogens with zero attached hydrogens (tertiary/aromatic N) is 2. The summed E-state index contributed by atoms with van der Waals surface area (Å²) in [4.78, 5) is 24.4. The first kappa shape index (κ1) is 19.7. The Kier molecular flexibility index (Phi) is 6.16. The van der Waals surface area contributed by atoms with Gasteiger partial charge in [-0.3, -0.25) is 9.59 Å². The van der Waals surface area contributed by atoms with E-state index >= 15 is 0 Å². The predicted molar refractivity (Wildman–Crippen MR) is 112 cm³/mol. The number of aromatic nitrogens is 2. The lowest BCUT2D eigenvalue weighted by molar-refractivity contribution is -0.116. The third-order valence-corrected chi connectivity index (χ3v) is 5.31. The number of carbonyl (C=O) groups is 2. The van der Waals surface area contributed by atoms with Gasteiger partial charge in [0.15, 0.2) is 0 Å². The fourth-order valence-corrected chi connectivity index (χ4v) is 3.27. The highest BCUT2D eigenvalue weighted by atomic mass is 32.1. The van der Waals surface area contributed by atoms with Crippen LogP contribution in [0.3, 0.4) is 0 Å². The number of nitrogens with one attached hydrogen (secondary N) is 2. The molecule has 2 amide bonds. The average Bonchev–Trinajstić information content (AvgIpc) is 3.14. The van der Waals surface area contributed by atoms with Crippen LogP contribution in [0, 0.1) is 20.8 Å². The summed E-state index contributed by atoms with van der Waals surface area (Å²) >= 11 is 1.20. The molecule has 0 spiro atoms. The Morgan fingerprint density at radius 3 is 2.32 bits per heavy atom. The Morgan fingerprint density at radius 2 is 1.61 bits per heavy atom. The molecule has 0 fully saturated rings. The Morgan fingerprint density at radius 1 is 0.893 bits per heavy atom. The van der Waals surface area contributed by atoms with Crippen molar-refractivity contribution < 1.29 is 9.59 Å². The molecule has 0 saturated heterocycles. The predicted octanol–water partition coefficient (Wildman–Crippen LogP) is 4.29. The molecular weight excluding hydrogens is 372 g/mol. The van der Waals surface area contributed by atoms with E-state index in [9.17, 15) is 9.59 Å². The minimum absolute atomic E-state index is 0.0934. The van der Waals surface area contributed by atoms with Crippen LogP contribution in [0.4, 0.5) is 11.4 Å². The van der Waals surface area contributed by atoms with E-state index in [2.05, 4.69) is 20.8 Å². The van der Waals surface area contributed by atoms with Gasteiger partial charge in [-0.25, -0.2) is 0 Å². The summed E-state index contributed by atoms with van der Waals surface area (Å²) in [7, 11) is 0. The second-order valence-corrected chi connectivity index (χ2v) is 7.73. The van der Waals surface area contributed by atoms with E-state index in [1.807, 2.05) is 63.2 Å². The second-order valence-electron chi connectivity index (χ2n) is 6.67. The maximum Gasteiger partial charge on any atom is 0.286 e. The number of anilines is 2. The summed E-state index contributed by atoms with van der Waals surface area (Å²) < 4.78 is 0. The van der Waals surface area contributed by atoms with Gasteiger partial charge in [-0.05, 0) is 56.2 Å². The first-order valence-corrected chi connectivity index (χ1v) is 9.80. The zero-order valence-corrected chi connectivity index (χ0v) is 16.9. The molecule has 2 aromatic carbocycles. The van der Waals surface area contributed by atoms with Gasteiger partial charge in [-0.15, -0.1) is 10.2 Å². The number of rotatable bonds is 6. The minimum Gasteiger partial charge on any atom is -0.326 e. The third kappa shape index (κ3) is 5.23. The van der Waals surface area contributed by atoms with Crippen LogP contribution < -0.4 is 10.6 Å². The van der Waals surface area contributed by atoms with Gasteiger partial charge < -0.3 is 10.6 Å². The molecule has 2 N–H and O–H groups in total. The number of benzene rings is 2. The highest BCUT2D eigenvalue weighted by molar-refractivity contribution is 7.13. The number of hydrogen-bond acceptors (Lipinski definition) is 5. The van der Waals surface area contributed by atoms with Gasteiger partial charge in [0.2, 0.25) is 10.9 Å². The summed E-state index contributed by atoms with van der Waals surface area (Å²) in [5, 5.41) is 14.6. The van der Waals surface area contributed by atoms with Crippen molar-refractivity contribution in [2.45, 2.75) is 33.6 Å². The molecule has 0 bridgehead atoms. The number of aryl methyl sites for hydroxylation is 4. The molecule has 7 heteroatoms. The lowest BCUT2D eigenvalue weighted by Crippen LogP contribution is -2.12. The minimum atomic E-state index is -0.299. The summed E-state index contributed by atoms with van der Waals surface area (Å²) in [6.45, 7) is 6.02. The fourth-order valence-electron chi connectivity index (χ4n) is 2.53. The van der Waals surface area contributed by atoms with Crippen LogP contribution in [0.2, 0.25) is 0 Å². The van der Waals surface area contributed by atoms with Crippen LogP contribution >= 0.6 is 11.3 Å². The van der Waals surface area contributed by atoms with Crippen LogP contribution in [0.1, 0.15) is 37.9 Å². The second kappa shape index (κ2) is 8.75. The highest BCUT2D eigenvalue weighted by Crippen LogP contribution is 2.17. The molecule has 144 valence electrons. The number of hydrogen-bond donors (Lipinski definition) is 2. The van der Waals surface area contributed by atoms with E-state index < -0.39 is 0 Å². The lowest BCUT2D eigenvalue weighted by Gasteiger charge is -2.07. The SMILES string of the molecule is Cc1ccc(NC(=O)c2nnc(CCC(=O)Nc3ccc(C)c(C)c3)s2)cc1. The number of amides is 2. The van der Waals surface area contributed by atoms with Gasteiger partial charge in [0, 0.05) is 24.2 Å². The molecule has 0 unspecified atom stereocenters. The van der Waals surface area contributed by atoms with Gasteiger partial charge in [0.05, 0.1) is 0 Å². The zero-order valence-electron chi connectivity index (χ0n) is 16.1. The van der Waals surface area contributed by atoms with Crippen molar-refractivity contribution in [2.75, 3.05) is 10.6 Å².